The van der Waals surface area contributed by atoms with Gasteiger partial charge in [-0.15, -0.1) is 5.10 Å². The highest BCUT2D eigenvalue weighted by Crippen LogP contribution is 2.15. The summed E-state index contributed by atoms with van der Waals surface area (Å²) in [4.78, 5) is 12.0. The Kier molecular flexibility index (Phi) is 7.12. The Hall–Kier alpha value is -1.83. The van der Waals surface area contributed by atoms with E-state index in [0.717, 1.165) is 18.6 Å². The lowest BCUT2D eigenvalue weighted by Gasteiger charge is -2.13. The quantitative estimate of drug-likeness (QED) is 0.529. The van der Waals surface area contributed by atoms with Crippen molar-refractivity contribution in [3.05, 3.63) is 24.2 Å². The van der Waals surface area contributed by atoms with Crippen molar-refractivity contribution < 1.29 is 9.21 Å². The van der Waals surface area contributed by atoms with Crippen molar-refractivity contribution in [2.75, 3.05) is 5.75 Å². The molecular weight excluding hydrogens is 314 g/mol. The van der Waals surface area contributed by atoms with Gasteiger partial charge in [-0.1, -0.05) is 37.9 Å². The van der Waals surface area contributed by atoms with Crippen molar-refractivity contribution in [2.24, 2.45) is 0 Å². The van der Waals surface area contributed by atoms with Crippen LogP contribution in [0.15, 0.2) is 28.0 Å². The Morgan fingerprint density at radius 3 is 3.09 bits per heavy atom. The van der Waals surface area contributed by atoms with E-state index in [9.17, 15) is 4.79 Å². The Balaban J connectivity index is 1.75. The number of thioether (sulfide) groups is 1. The SMILES string of the molecule is CCCCCC(C)NC(=O)CSc1nnnn1Cc1ccco1. The van der Waals surface area contributed by atoms with Gasteiger partial charge in [0.2, 0.25) is 11.1 Å². The van der Waals surface area contributed by atoms with Crippen molar-refractivity contribution in [1.82, 2.24) is 25.5 Å². The lowest BCUT2D eigenvalue weighted by molar-refractivity contribution is -0.119. The number of carbonyl (C=O) groups is 1. The molecule has 2 aromatic heterocycles. The molecule has 0 bridgehead atoms. The number of tetrazole rings is 1. The molecule has 1 amide bonds. The zero-order chi connectivity index (χ0) is 16.5. The van der Waals surface area contributed by atoms with Crippen LogP contribution in [0, 0.1) is 0 Å². The number of unbranched alkanes of at least 4 members (excludes halogenated alkanes) is 2. The first-order valence-corrected chi connectivity index (χ1v) is 8.88. The molecule has 0 aromatic carbocycles. The second kappa shape index (κ2) is 9.34. The molecule has 0 radical (unpaired) electrons. The van der Waals surface area contributed by atoms with E-state index < -0.39 is 0 Å². The summed E-state index contributed by atoms with van der Waals surface area (Å²) in [5.41, 5.74) is 0. The summed E-state index contributed by atoms with van der Waals surface area (Å²) in [5, 5.41) is 15.2. The Bertz CT molecular complexity index is 584. The van der Waals surface area contributed by atoms with Gasteiger partial charge in [0.1, 0.15) is 12.3 Å². The van der Waals surface area contributed by atoms with Gasteiger partial charge in [-0.3, -0.25) is 4.79 Å². The van der Waals surface area contributed by atoms with E-state index in [2.05, 4.69) is 27.8 Å². The summed E-state index contributed by atoms with van der Waals surface area (Å²) in [7, 11) is 0. The number of nitrogens with one attached hydrogen (secondary N) is 1. The monoisotopic (exact) mass is 337 g/mol. The largest absolute Gasteiger partial charge is 0.467 e. The number of furan rings is 1. The lowest BCUT2D eigenvalue weighted by Crippen LogP contribution is -2.33. The Morgan fingerprint density at radius 1 is 1.48 bits per heavy atom. The Labute approximate surface area is 140 Å². The van der Waals surface area contributed by atoms with E-state index in [1.165, 1.54) is 24.6 Å². The van der Waals surface area contributed by atoms with Crippen molar-refractivity contribution in [1.29, 1.82) is 0 Å². The van der Waals surface area contributed by atoms with Gasteiger partial charge in [0.15, 0.2) is 0 Å². The molecule has 0 saturated heterocycles. The molecule has 1 atom stereocenters. The molecule has 0 saturated carbocycles. The molecule has 1 unspecified atom stereocenters. The zero-order valence-corrected chi connectivity index (χ0v) is 14.4. The van der Waals surface area contributed by atoms with Crippen LogP contribution < -0.4 is 5.32 Å². The maximum absolute atomic E-state index is 12.0. The number of aromatic nitrogens is 4. The number of hydrogen-bond acceptors (Lipinski definition) is 6. The molecule has 2 rings (SSSR count). The third-order valence-corrected chi connectivity index (χ3v) is 4.32. The van der Waals surface area contributed by atoms with Gasteiger partial charge in [0, 0.05) is 6.04 Å². The second-order valence-electron chi connectivity index (χ2n) is 5.45. The summed E-state index contributed by atoms with van der Waals surface area (Å²) in [5.74, 6) is 1.08. The minimum Gasteiger partial charge on any atom is -0.467 e. The van der Waals surface area contributed by atoms with Crippen molar-refractivity contribution >= 4 is 17.7 Å². The summed E-state index contributed by atoms with van der Waals surface area (Å²) >= 11 is 1.33. The Morgan fingerprint density at radius 2 is 2.35 bits per heavy atom. The average Bonchev–Trinajstić information content (AvgIpc) is 3.18. The summed E-state index contributed by atoms with van der Waals surface area (Å²) in [6, 6.07) is 3.88. The van der Waals surface area contributed by atoms with Crippen molar-refractivity contribution in [2.45, 2.75) is 57.3 Å². The van der Waals surface area contributed by atoms with E-state index in [1.54, 1.807) is 10.9 Å². The molecule has 0 spiro atoms. The van der Waals surface area contributed by atoms with Crippen LogP contribution in [0.25, 0.3) is 0 Å². The van der Waals surface area contributed by atoms with Gasteiger partial charge in [-0.25, -0.2) is 4.68 Å². The fourth-order valence-electron chi connectivity index (χ4n) is 2.17. The summed E-state index contributed by atoms with van der Waals surface area (Å²) in [6.07, 6.45) is 6.16. The molecule has 126 valence electrons. The maximum atomic E-state index is 12.0. The van der Waals surface area contributed by atoms with Gasteiger partial charge >= 0.3 is 0 Å². The maximum Gasteiger partial charge on any atom is 0.230 e. The highest BCUT2D eigenvalue weighted by molar-refractivity contribution is 7.99. The number of rotatable bonds is 10. The van der Waals surface area contributed by atoms with Crippen LogP contribution >= 0.6 is 11.8 Å². The van der Waals surface area contributed by atoms with Gasteiger partial charge in [0.25, 0.3) is 0 Å². The van der Waals surface area contributed by atoms with Crippen LogP contribution in [0.5, 0.6) is 0 Å². The molecule has 0 aliphatic rings. The molecule has 0 aliphatic heterocycles. The van der Waals surface area contributed by atoms with E-state index in [-0.39, 0.29) is 11.9 Å². The zero-order valence-electron chi connectivity index (χ0n) is 13.6. The molecule has 1 N–H and O–H groups in total. The first kappa shape index (κ1) is 17.5. The van der Waals surface area contributed by atoms with Crippen LogP contribution in [0.1, 0.15) is 45.3 Å². The molecule has 8 heteroatoms. The molecule has 7 nitrogen and oxygen atoms in total. The van der Waals surface area contributed by atoms with Crippen LogP contribution in [0.2, 0.25) is 0 Å². The average molecular weight is 337 g/mol. The third kappa shape index (κ3) is 6.05. The molecule has 0 aliphatic carbocycles. The fraction of sp³-hybridized carbons (Fsp3) is 0.600. The fourth-order valence-corrected chi connectivity index (χ4v) is 2.86. The first-order valence-electron chi connectivity index (χ1n) is 7.89. The highest BCUT2D eigenvalue weighted by Gasteiger charge is 2.12. The molecular formula is C15H23N5O2S. The van der Waals surface area contributed by atoms with E-state index in [4.69, 9.17) is 4.42 Å². The van der Waals surface area contributed by atoms with Crippen LogP contribution in [-0.2, 0) is 11.3 Å². The molecule has 2 heterocycles. The van der Waals surface area contributed by atoms with Crippen LogP contribution in [0.4, 0.5) is 0 Å². The molecule has 0 fully saturated rings. The van der Waals surface area contributed by atoms with E-state index >= 15 is 0 Å². The predicted molar refractivity (Wildman–Crippen MR) is 88.1 cm³/mol. The number of nitrogens with zero attached hydrogens (tertiary/aromatic N) is 4. The van der Waals surface area contributed by atoms with E-state index in [0.29, 0.717) is 17.5 Å². The minimum absolute atomic E-state index is 0.00606. The number of hydrogen-bond donors (Lipinski definition) is 1. The standard InChI is InChI=1S/C15H23N5O2S/c1-3-4-5-7-12(2)16-14(21)11-23-15-17-18-19-20(15)10-13-8-6-9-22-13/h6,8-9,12H,3-5,7,10-11H2,1-2H3,(H,16,21). The number of amides is 1. The molecule has 23 heavy (non-hydrogen) atoms. The smallest absolute Gasteiger partial charge is 0.230 e. The lowest BCUT2D eigenvalue weighted by atomic mass is 10.1. The van der Waals surface area contributed by atoms with Gasteiger partial charge in [0.05, 0.1) is 12.0 Å². The molecule has 2 aromatic rings. The van der Waals surface area contributed by atoms with Crippen LogP contribution in [-0.4, -0.2) is 37.9 Å². The van der Waals surface area contributed by atoms with Gasteiger partial charge in [-0.2, -0.15) is 0 Å². The van der Waals surface area contributed by atoms with Crippen molar-refractivity contribution in [3.63, 3.8) is 0 Å². The van der Waals surface area contributed by atoms with Gasteiger partial charge in [-0.05, 0) is 35.9 Å². The van der Waals surface area contributed by atoms with E-state index in [1.807, 2.05) is 19.1 Å². The van der Waals surface area contributed by atoms with Crippen LogP contribution in [0.3, 0.4) is 0 Å². The summed E-state index contributed by atoms with van der Waals surface area (Å²) in [6.45, 7) is 4.67. The predicted octanol–water partition coefficient (Wildman–Crippen LogP) is 2.49. The normalized spacial score (nSPS) is 12.3. The number of carbonyl (C=O) groups excluding carboxylic acids is 1. The van der Waals surface area contributed by atoms with Gasteiger partial charge < -0.3 is 9.73 Å². The second-order valence-corrected chi connectivity index (χ2v) is 6.39. The topological polar surface area (TPSA) is 85.8 Å². The minimum atomic E-state index is 0.00606. The summed E-state index contributed by atoms with van der Waals surface area (Å²) < 4.78 is 6.91. The highest BCUT2D eigenvalue weighted by atomic mass is 32.2. The van der Waals surface area contributed by atoms with Crippen molar-refractivity contribution in [3.8, 4) is 0 Å². The third-order valence-electron chi connectivity index (χ3n) is 3.37. The first-order chi connectivity index (χ1) is 11.2.